The first kappa shape index (κ1) is 15.9. The summed E-state index contributed by atoms with van der Waals surface area (Å²) in [5.41, 5.74) is 3.51. The third-order valence-electron chi connectivity index (χ3n) is 3.42. The van der Waals surface area contributed by atoms with Gasteiger partial charge in [-0.3, -0.25) is 0 Å². The number of nitrogens with zero attached hydrogens (tertiary/aromatic N) is 4. The number of aryl methyl sites for hydroxylation is 2. The molecule has 0 aliphatic heterocycles. The van der Waals surface area contributed by atoms with E-state index < -0.39 is 0 Å². The molecule has 1 N–H and O–H groups in total. The molecule has 1 unspecified atom stereocenters. The van der Waals surface area contributed by atoms with Crippen LogP contribution in [0, 0.1) is 20.8 Å². The van der Waals surface area contributed by atoms with Gasteiger partial charge in [0.1, 0.15) is 0 Å². The van der Waals surface area contributed by atoms with Gasteiger partial charge in [-0.25, -0.2) is 0 Å². The molecule has 0 fully saturated rings. The molecule has 3 rings (SSSR count). The van der Waals surface area contributed by atoms with Crippen molar-refractivity contribution in [3.63, 3.8) is 0 Å². The van der Waals surface area contributed by atoms with Gasteiger partial charge in [0.25, 0.3) is 0 Å². The van der Waals surface area contributed by atoms with Crippen molar-refractivity contribution in [1.82, 2.24) is 20.4 Å². The van der Waals surface area contributed by atoms with E-state index in [1.165, 1.54) is 22.5 Å². The summed E-state index contributed by atoms with van der Waals surface area (Å²) >= 11 is 3.07. The Labute approximate surface area is 142 Å². The van der Waals surface area contributed by atoms with Gasteiger partial charge in [0.05, 0.1) is 5.25 Å². The smallest absolute Gasteiger partial charge is 0.229 e. The highest BCUT2D eigenvalue weighted by Gasteiger charge is 2.17. The van der Waals surface area contributed by atoms with E-state index >= 15 is 0 Å². The first-order chi connectivity index (χ1) is 11.0. The van der Waals surface area contributed by atoms with Gasteiger partial charge in [0.15, 0.2) is 4.34 Å². The highest BCUT2D eigenvalue weighted by Crippen LogP contribution is 2.37. The minimum atomic E-state index is 0.0395. The van der Waals surface area contributed by atoms with Crippen LogP contribution >= 0.6 is 23.1 Å². The summed E-state index contributed by atoms with van der Waals surface area (Å²) in [4.78, 5) is 0. The number of anilines is 2. The van der Waals surface area contributed by atoms with Crippen molar-refractivity contribution >= 4 is 33.9 Å². The lowest BCUT2D eigenvalue weighted by Crippen LogP contribution is -1.94. The van der Waals surface area contributed by atoms with E-state index in [-0.39, 0.29) is 5.25 Å². The van der Waals surface area contributed by atoms with E-state index in [9.17, 15) is 0 Å². The second-order valence-electron chi connectivity index (χ2n) is 5.16. The Morgan fingerprint density at radius 2 is 1.96 bits per heavy atom. The van der Waals surface area contributed by atoms with Gasteiger partial charge in [-0.1, -0.05) is 35.2 Å². The molecule has 2 aromatic heterocycles. The summed E-state index contributed by atoms with van der Waals surface area (Å²) in [5.74, 6) is 1.17. The van der Waals surface area contributed by atoms with Crippen LogP contribution in [0.2, 0.25) is 0 Å². The second kappa shape index (κ2) is 6.67. The van der Waals surface area contributed by atoms with Gasteiger partial charge >= 0.3 is 0 Å². The average molecular weight is 347 g/mol. The Morgan fingerprint density at radius 3 is 2.70 bits per heavy atom. The van der Waals surface area contributed by atoms with Crippen molar-refractivity contribution in [3.8, 4) is 0 Å². The van der Waals surface area contributed by atoms with E-state index in [2.05, 4.69) is 45.6 Å². The number of benzene rings is 1. The van der Waals surface area contributed by atoms with Crippen molar-refractivity contribution in [1.29, 1.82) is 0 Å². The zero-order valence-corrected chi connectivity index (χ0v) is 15.0. The number of hydrogen-bond acceptors (Lipinski definition) is 8. The number of hydrogen-bond donors (Lipinski definition) is 1. The molecule has 23 heavy (non-hydrogen) atoms. The van der Waals surface area contributed by atoms with E-state index in [4.69, 9.17) is 4.42 Å². The molecule has 1 atom stereocenters. The number of thioether (sulfide) groups is 1. The molecular formula is C15H17N5OS2. The quantitative estimate of drug-likeness (QED) is 0.683. The number of rotatable bonds is 5. The predicted octanol–water partition coefficient (Wildman–Crippen LogP) is 4.44. The topological polar surface area (TPSA) is 76.7 Å². The summed E-state index contributed by atoms with van der Waals surface area (Å²) in [7, 11) is 0. The first-order valence-electron chi connectivity index (χ1n) is 7.16. The van der Waals surface area contributed by atoms with E-state index in [0.717, 1.165) is 15.2 Å². The van der Waals surface area contributed by atoms with Crippen molar-refractivity contribution < 1.29 is 4.42 Å². The maximum atomic E-state index is 5.45. The summed E-state index contributed by atoms with van der Waals surface area (Å²) in [6.45, 7) is 7.98. The maximum absolute atomic E-state index is 5.45. The van der Waals surface area contributed by atoms with Gasteiger partial charge < -0.3 is 9.73 Å². The Kier molecular flexibility index (Phi) is 4.63. The van der Waals surface area contributed by atoms with Crippen LogP contribution in [0.1, 0.15) is 35.1 Å². The molecule has 0 amide bonds. The van der Waals surface area contributed by atoms with Crippen LogP contribution < -0.4 is 5.32 Å². The van der Waals surface area contributed by atoms with Gasteiger partial charge in [-0.2, -0.15) is 0 Å². The van der Waals surface area contributed by atoms with Crippen molar-refractivity contribution in [2.75, 3.05) is 5.32 Å². The molecule has 0 aliphatic rings. The minimum absolute atomic E-state index is 0.0395. The monoisotopic (exact) mass is 347 g/mol. The average Bonchev–Trinajstić information content (AvgIpc) is 3.13. The van der Waals surface area contributed by atoms with Crippen molar-refractivity contribution in [2.24, 2.45) is 0 Å². The second-order valence-corrected chi connectivity index (χ2v) is 7.73. The molecule has 0 radical (unpaired) electrons. The van der Waals surface area contributed by atoms with Gasteiger partial charge in [-0.15, -0.1) is 20.4 Å². The standard InChI is InChI=1S/C15H17N5OS2/c1-8-6-5-7-12(9(8)2)16-14-19-20-15(23-14)22-10(3)13-18-17-11(4)21-13/h5-7,10H,1-4H3,(H,16,19). The third-order valence-corrected chi connectivity index (χ3v) is 5.43. The summed E-state index contributed by atoms with van der Waals surface area (Å²) in [6.07, 6.45) is 0. The largest absolute Gasteiger partial charge is 0.424 e. The van der Waals surface area contributed by atoms with E-state index in [0.29, 0.717) is 11.8 Å². The summed E-state index contributed by atoms with van der Waals surface area (Å²) in [5, 5.41) is 20.5. The van der Waals surface area contributed by atoms with Crippen LogP contribution in [0.3, 0.4) is 0 Å². The minimum Gasteiger partial charge on any atom is -0.424 e. The Hall–Kier alpha value is -1.93. The zero-order valence-electron chi connectivity index (χ0n) is 13.3. The predicted molar refractivity (Wildman–Crippen MR) is 92.4 cm³/mol. The van der Waals surface area contributed by atoms with Crippen molar-refractivity contribution in [3.05, 3.63) is 41.1 Å². The van der Waals surface area contributed by atoms with Crippen LogP contribution in [0.15, 0.2) is 27.0 Å². The molecule has 0 aliphatic carbocycles. The van der Waals surface area contributed by atoms with Crippen LogP contribution in [-0.2, 0) is 0 Å². The third kappa shape index (κ3) is 3.70. The molecular weight excluding hydrogens is 330 g/mol. The van der Waals surface area contributed by atoms with E-state index in [1.807, 2.05) is 19.1 Å². The molecule has 120 valence electrons. The number of aromatic nitrogens is 4. The molecule has 6 nitrogen and oxygen atoms in total. The van der Waals surface area contributed by atoms with Gasteiger partial charge in [0.2, 0.25) is 16.9 Å². The van der Waals surface area contributed by atoms with Crippen molar-refractivity contribution in [2.45, 2.75) is 37.3 Å². The molecule has 0 bridgehead atoms. The SMILES string of the molecule is Cc1nnc(C(C)Sc2nnc(Nc3cccc(C)c3C)s2)o1. The lowest BCUT2D eigenvalue weighted by Gasteiger charge is -2.08. The molecule has 3 aromatic rings. The highest BCUT2D eigenvalue weighted by atomic mass is 32.2. The fraction of sp³-hybridized carbons (Fsp3) is 0.333. The number of nitrogens with one attached hydrogen (secondary N) is 1. The van der Waals surface area contributed by atoms with Crippen LogP contribution in [0.25, 0.3) is 0 Å². The van der Waals surface area contributed by atoms with E-state index in [1.54, 1.807) is 18.7 Å². The van der Waals surface area contributed by atoms with Crippen LogP contribution in [0.4, 0.5) is 10.8 Å². The molecule has 0 saturated carbocycles. The fourth-order valence-corrected chi connectivity index (χ4v) is 3.93. The maximum Gasteiger partial charge on any atom is 0.229 e. The molecule has 1 aromatic carbocycles. The normalized spacial score (nSPS) is 12.3. The van der Waals surface area contributed by atoms with Gasteiger partial charge in [0, 0.05) is 12.6 Å². The summed E-state index contributed by atoms with van der Waals surface area (Å²) in [6, 6.07) is 6.16. The summed E-state index contributed by atoms with van der Waals surface area (Å²) < 4.78 is 6.31. The first-order valence-corrected chi connectivity index (χ1v) is 8.86. The molecule has 0 saturated heterocycles. The lowest BCUT2D eigenvalue weighted by atomic mass is 10.1. The molecule has 2 heterocycles. The van der Waals surface area contributed by atoms with Crippen LogP contribution in [0.5, 0.6) is 0 Å². The Balaban J connectivity index is 1.69. The lowest BCUT2D eigenvalue weighted by molar-refractivity contribution is 0.470. The van der Waals surface area contributed by atoms with Gasteiger partial charge in [-0.05, 0) is 38.0 Å². The fourth-order valence-electron chi connectivity index (χ4n) is 1.99. The molecule has 0 spiro atoms. The highest BCUT2D eigenvalue weighted by molar-refractivity contribution is 8.01. The molecule has 8 heteroatoms. The Morgan fingerprint density at radius 1 is 1.13 bits per heavy atom. The Bertz CT molecular complexity index is 814. The zero-order chi connectivity index (χ0) is 16.4. The van der Waals surface area contributed by atoms with Crippen LogP contribution in [-0.4, -0.2) is 20.4 Å².